The van der Waals surface area contributed by atoms with E-state index < -0.39 is 10.0 Å². The Morgan fingerprint density at radius 2 is 1.65 bits per heavy atom. The topological polar surface area (TPSA) is 79.6 Å². The number of fused-ring (bicyclic) bond motifs is 1. The van der Waals surface area contributed by atoms with E-state index >= 15 is 0 Å². The first kappa shape index (κ1) is 21.4. The number of carbonyl (C=O) groups is 1. The summed E-state index contributed by atoms with van der Waals surface area (Å²) in [5.74, 6) is 0.0532. The minimum absolute atomic E-state index is 0.0898. The summed E-state index contributed by atoms with van der Waals surface area (Å²) in [5, 5.41) is 0.659. The third kappa shape index (κ3) is 3.61. The molecule has 0 radical (unpaired) electrons. The molecule has 1 fully saturated rings. The molecule has 7 heteroatoms. The summed E-state index contributed by atoms with van der Waals surface area (Å²) >= 11 is 0. The second-order valence-corrected chi connectivity index (χ2v) is 10.1. The number of rotatable bonds is 4. The molecule has 0 spiro atoms. The Morgan fingerprint density at radius 3 is 2.32 bits per heavy atom. The number of amides is 1. The fourth-order valence-electron chi connectivity index (χ4n) is 4.19. The molecule has 0 bridgehead atoms. The summed E-state index contributed by atoms with van der Waals surface area (Å²) in [7, 11) is -3.95. The van der Waals surface area contributed by atoms with Crippen LogP contribution in [-0.4, -0.2) is 32.3 Å². The van der Waals surface area contributed by atoms with Crippen molar-refractivity contribution >= 4 is 32.6 Å². The molecule has 31 heavy (non-hydrogen) atoms. The molecule has 1 aliphatic rings. The molecule has 3 aromatic rings. The molecule has 4 rings (SSSR count). The van der Waals surface area contributed by atoms with Crippen LogP contribution in [0.15, 0.2) is 33.6 Å². The van der Waals surface area contributed by atoms with Crippen LogP contribution in [0.4, 0.5) is 5.69 Å². The van der Waals surface area contributed by atoms with Crippen LogP contribution in [0.2, 0.25) is 0 Å². The number of hydrogen-bond acceptors (Lipinski definition) is 4. The Balaban J connectivity index is 1.88. The van der Waals surface area contributed by atoms with Gasteiger partial charge in [0.1, 0.15) is 4.90 Å². The number of nitrogens with one attached hydrogen (secondary N) is 1. The smallest absolute Gasteiger partial charge is 0.289 e. The number of likely N-dealkylation sites (tertiary alicyclic amines) is 1. The quantitative estimate of drug-likeness (QED) is 0.618. The third-order valence-electron chi connectivity index (χ3n) is 6.40. The average Bonchev–Trinajstić information content (AvgIpc) is 3.35. The molecular formula is C24H28N2O4S. The number of hydrogen-bond donors (Lipinski definition) is 1. The van der Waals surface area contributed by atoms with Gasteiger partial charge < -0.3 is 9.32 Å². The second kappa shape index (κ2) is 7.71. The number of aryl methyl sites for hydroxylation is 3. The molecular weight excluding hydrogens is 412 g/mol. The van der Waals surface area contributed by atoms with Crippen molar-refractivity contribution in [3.63, 3.8) is 0 Å². The maximum Gasteiger partial charge on any atom is 0.289 e. The molecule has 0 unspecified atom stereocenters. The highest BCUT2D eigenvalue weighted by atomic mass is 32.2. The number of sulfonamides is 1. The molecule has 164 valence electrons. The summed E-state index contributed by atoms with van der Waals surface area (Å²) in [6, 6.07) is 7.41. The van der Waals surface area contributed by atoms with Crippen LogP contribution in [0.5, 0.6) is 0 Å². The monoisotopic (exact) mass is 440 g/mol. The van der Waals surface area contributed by atoms with Gasteiger partial charge >= 0.3 is 0 Å². The van der Waals surface area contributed by atoms with E-state index in [4.69, 9.17) is 4.42 Å². The van der Waals surface area contributed by atoms with Gasteiger partial charge in [-0.1, -0.05) is 12.1 Å². The third-order valence-corrected chi connectivity index (χ3v) is 7.92. The predicted octanol–water partition coefficient (Wildman–Crippen LogP) is 5.01. The number of anilines is 1. The van der Waals surface area contributed by atoms with Gasteiger partial charge in [-0.3, -0.25) is 9.52 Å². The summed E-state index contributed by atoms with van der Waals surface area (Å²) in [4.78, 5) is 14.9. The van der Waals surface area contributed by atoms with Gasteiger partial charge in [0, 0.05) is 24.0 Å². The molecule has 0 aliphatic carbocycles. The van der Waals surface area contributed by atoms with Crippen molar-refractivity contribution in [2.45, 2.75) is 52.4 Å². The molecule has 1 N–H and O–H groups in total. The highest BCUT2D eigenvalue weighted by molar-refractivity contribution is 7.93. The first-order valence-electron chi connectivity index (χ1n) is 10.5. The van der Waals surface area contributed by atoms with Crippen LogP contribution in [0.1, 0.15) is 51.2 Å². The molecule has 2 aromatic carbocycles. The minimum Gasteiger partial charge on any atom is -0.449 e. The van der Waals surface area contributed by atoms with E-state index in [2.05, 4.69) is 4.72 Å². The van der Waals surface area contributed by atoms with Crippen LogP contribution in [0.25, 0.3) is 11.0 Å². The van der Waals surface area contributed by atoms with Crippen molar-refractivity contribution in [2.24, 2.45) is 0 Å². The fraction of sp³-hybridized carbons (Fsp3) is 0.375. The van der Waals surface area contributed by atoms with Crippen molar-refractivity contribution in [3.8, 4) is 0 Å². The van der Waals surface area contributed by atoms with Gasteiger partial charge in [0.25, 0.3) is 15.9 Å². The zero-order valence-corrected chi connectivity index (χ0v) is 19.4. The first-order valence-corrected chi connectivity index (χ1v) is 12.0. The lowest BCUT2D eigenvalue weighted by Gasteiger charge is -2.15. The molecule has 1 saturated heterocycles. The number of furan rings is 1. The molecule has 1 amide bonds. The lowest BCUT2D eigenvalue weighted by Crippen LogP contribution is -2.27. The Hall–Kier alpha value is -2.80. The van der Waals surface area contributed by atoms with Gasteiger partial charge in [-0.05, 0) is 81.8 Å². The van der Waals surface area contributed by atoms with Gasteiger partial charge in [0.2, 0.25) is 0 Å². The van der Waals surface area contributed by atoms with Crippen LogP contribution in [-0.2, 0) is 10.0 Å². The van der Waals surface area contributed by atoms with E-state index in [0.29, 0.717) is 35.3 Å². The van der Waals surface area contributed by atoms with Crippen molar-refractivity contribution in [3.05, 3.63) is 57.8 Å². The largest absolute Gasteiger partial charge is 0.449 e. The Morgan fingerprint density at radius 1 is 0.968 bits per heavy atom. The maximum absolute atomic E-state index is 13.5. The highest BCUT2D eigenvalue weighted by Crippen LogP contribution is 2.36. The molecule has 0 atom stereocenters. The Labute approximate surface area is 183 Å². The average molecular weight is 441 g/mol. The lowest BCUT2D eigenvalue weighted by molar-refractivity contribution is 0.0762. The van der Waals surface area contributed by atoms with E-state index in [0.717, 1.165) is 29.5 Å². The van der Waals surface area contributed by atoms with Gasteiger partial charge in [0.15, 0.2) is 11.3 Å². The van der Waals surface area contributed by atoms with Gasteiger partial charge in [-0.2, -0.15) is 0 Å². The maximum atomic E-state index is 13.5. The second-order valence-electron chi connectivity index (χ2n) is 8.43. The predicted molar refractivity (Wildman–Crippen MR) is 122 cm³/mol. The van der Waals surface area contributed by atoms with Crippen LogP contribution in [0.3, 0.4) is 0 Å². The number of benzene rings is 2. The van der Waals surface area contributed by atoms with Crippen molar-refractivity contribution < 1.29 is 17.6 Å². The van der Waals surface area contributed by atoms with E-state index in [9.17, 15) is 13.2 Å². The first-order chi connectivity index (χ1) is 14.6. The zero-order valence-electron chi connectivity index (χ0n) is 18.6. The van der Waals surface area contributed by atoms with Crippen molar-refractivity contribution in [2.75, 3.05) is 17.8 Å². The van der Waals surface area contributed by atoms with Crippen LogP contribution >= 0.6 is 0 Å². The molecule has 0 saturated carbocycles. The summed E-state index contributed by atoms with van der Waals surface area (Å²) in [5.41, 5.74) is 4.76. The van der Waals surface area contributed by atoms with Gasteiger partial charge in [0.05, 0.1) is 5.69 Å². The van der Waals surface area contributed by atoms with Crippen LogP contribution < -0.4 is 4.72 Å². The van der Waals surface area contributed by atoms with E-state index in [-0.39, 0.29) is 22.1 Å². The van der Waals surface area contributed by atoms with Gasteiger partial charge in [-0.25, -0.2) is 8.42 Å². The number of carbonyl (C=O) groups excluding carboxylic acids is 1. The Kier molecular flexibility index (Phi) is 5.33. The number of nitrogens with zero attached hydrogens (tertiary/aromatic N) is 1. The fourth-order valence-corrected chi connectivity index (χ4v) is 5.76. The SMILES string of the molecule is Cc1cccc(NS(=O)(=O)c2c(C)c(C)cc3c(C)c(C(=O)N4CCCC4)oc23)c1C. The summed E-state index contributed by atoms with van der Waals surface area (Å²) < 4.78 is 35.8. The van der Waals surface area contributed by atoms with E-state index in [1.165, 1.54) is 0 Å². The molecule has 2 heterocycles. The standard InChI is InChI=1S/C24H28N2O4S/c1-14-9-8-10-20(16(14)3)25-31(28,29)23-17(4)15(2)13-19-18(5)21(30-22(19)23)24(27)26-11-6-7-12-26/h8-10,13,25H,6-7,11-12H2,1-5H3. The summed E-state index contributed by atoms with van der Waals surface area (Å²) in [6.45, 7) is 10.7. The zero-order chi connectivity index (χ0) is 22.5. The minimum atomic E-state index is -3.95. The van der Waals surface area contributed by atoms with Gasteiger partial charge in [-0.15, -0.1) is 0 Å². The van der Waals surface area contributed by atoms with Crippen molar-refractivity contribution in [1.29, 1.82) is 0 Å². The Bertz CT molecular complexity index is 1300. The molecule has 1 aromatic heterocycles. The summed E-state index contributed by atoms with van der Waals surface area (Å²) in [6.07, 6.45) is 1.95. The van der Waals surface area contributed by atoms with E-state index in [1.54, 1.807) is 17.9 Å². The van der Waals surface area contributed by atoms with Crippen LogP contribution in [0, 0.1) is 34.6 Å². The van der Waals surface area contributed by atoms with E-state index in [1.807, 2.05) is 45.9 Å². The highest BCUT2D eigenvalue weighted by Gasteiger charge is 2.30. The molecule has 6 nitrogen and oxygen atoms in total. The normalized spacial score (nSPS) is 14.4. The van der Waals surface area contributed by atoms with Crippen molar-refractivity contribution in [1.82, 2.24) is 4.90 Å². The molecule has 1 aliphatic heterocycles. The lowest BCUT2D eigenvalue weighted by atomic mass is 10.0.